The van der Waals surface area contributed by atoms with Crippen molar-refractivity contribution in [1.29, 1.82) is 0 Å². The van der Waals surface area contributed by atoms with E-state index in [9.17, 15) is 4.39 Å². The number of nitrogens with two attached hydrogens (primary N) is 1. The summed E-state index contributed by atoms with van der Waals surface area (Å²) in [5.41, 5.74) is 6.80. The zero-order chi connectivity index (χ0) is 13.0. The van der Waals surface area contributed by atoms with Gasteiger partial charge in [0.05, 0.1) is 6.10 Å². The molecule has 0 aromatic heterocycles. The highest BCUT2D eigenvalue weighted by Crippen LogP contribution is 2.21. The molecule has 0 aliphatic carbocycles. The molecular formula is C13H19ClFNO. The quantitative estimate of drug-likeness (QED) is 0.882. The van der Waals surface area contributed by atoms with Gasteiger partial charge < -0.3 is 10.5 Å². The summed E-state index contributed by atoms with van der Waals surface area (Å²) in [7, 11) is 1.64. The second-order valence-electron chi connectivity index (χ2n) is 4.55. The number of benzene rings is 1. The number of ether oxygens (including phenoxy) is 1. The van der Waals surface area contributed by atoms with E-state index in [1.807, 2.05) is 13.8 Å². The average Bonchev–Trinajstić information content (AvgIpc) is 2.24. The van der Waals surface area contributed by atoms with Gasteiger partial charge in [0, 0.05) is 18.2 Å². The van der Waals surface area contributed by atoms with Crippen LogP contribution in [0.2, 0.25) is 5.02 Å². The normalized spacial score (nSPS) is 15.0. The van der Waals surface area contributed by atoms with Crippen molar-refractivity contribution in [2.75, 3.05) is 7.11 Å². The van der Waals surface area contributed by atoms with Gasteiger partial charge in [0.25, 0.3) is 0 Å². The van der Waals surface area contributed by atoms with E-state index in [0.29, 0.717) is 17.4 Å². The molecule has 0 aliphatic heterocycles. The van der Waals surface area contributed by atoms with Crippen LogP contribution >= 0.6 is 11.6 Å². The maximum absolute atomic E-state index is 13.1. The number of halogens is 2. The predicted octanol–water partition coefficient (Wildman–Crippen LogP) is 3.02. The fourth-order valence-electron chi connectivity index (χ4n) is 2.01. The monoisotopic (exact) mass is 259 g/mol. The molecular weight excluding hydrogens is 241 g/mol. The maximum atomic E-state index is 13.1. The van der Waals surface area contributed by atoms with Gasteiger partial charge in [0.15, 0.2) is 0 Å². The Morgan fingerprint density at radius 2 is 2.06 bits per heavy atom. The van der Waals surface area contributed by atoms with E-state index in [-0.39, 0.29) is 18.0 Å². The summed E-state index contributed by atoms with van der Waals surface area (Å²) in [5.74, 6) is 0.0115. The molecule has 2 N–H and O–H groups in total. The van der Waals surface area contributed by atoms with Crippen LogP contribution in [0.15, 0.2) is 18.2 Å². The highest BCUT2D eigenvalue weighted by Gasteiger charge is 2.22. The summed E-state index contributed by atoms with van der Waals surface area (Å²) < 4.78 is 18.5. The molecule has 2 nitrogen and oxygen atoms in total. The fraction of sp³-hybridized carbons (Fsp3) is 0.538. The van der Waals surface area contributed by atoms with Gasteiger partial charge in [-0.15, -0.1) is 0 Å². The van der Waals surface area contributed by atoms with Crippen LogP contribution in [-0.4, -0.2) is 19.3 Å². The van der Waals surface area contributed by atoms with Gasteiger partial charge in [-0.3, -0.25) is 0 Å². The zero-order valence-electron chi connectivity index (χ0n) is 10.4. The largest absolute Gasteiger partial charge is 0.380 e. The summed E-state index contributed by atoms with van der Waals surface area (Å²) in [6.45, 7) is 4.09. The van der Waals surface area contributed by atoms with Crippen LogP contribution in [0, 0.1) is 11.7 Å². The smallest absolute Gasteiger partial charge is 0.123 e. The number of hydrogen-bond donors (Lipinski definition) is 1. The highest BCUT2D eigenvalue weighted by molar-refractivity contribution is 6.31. The van der Waals surface area contributed by atoms with E-state index in [4.69, 9.17) is 22.1 Å². The lowest BCUT2D eigenvalue weighted by Crippen LogP contribution is -2.41. The van der Waals surface area contributed by atoms with Crippen molar-refractivity contribution in [2.45, 2.75) is 32.4 Å². The van der Waals surface area contributed by atoms with Crippen molar-refractivity contribution in [1.82, 2.24) is 0 Å². The Kier molecular flexibility index (Phi) is 5.37. The SMILES string of the molecule is COC(C(C)C)C(N)Cc1cc(F)ccc1Cl. The molecule has 17 heavy (non-hydrogen) atoms. The first-order chi connectivity index (χ1) is 7.95. The zero-order valence-corrected chi connectivity index (χ0v) is 11.2. The lowest BCUT2D eigenvalue weighted by molar-refractivity contribution is 0.0441. The first-order valence-corrected chi connectivity index (χ1v) is 6.05. The van der Waals surface area contributed by atoms with Crippen molar-refractivity contribution in [2.24, 2.45) is 11.7 Å². The predicted molar refractivity (Wildman–Crippen MR) is 68.7 cm³/mol. The molecule has 0 spiro atoms. The first kappa shape index (κ1) is 14.4. The second kappa shape index (κ2) is 6.34. The van der Waals surface area contributed by atoms with E-state index in [0.717, 1.165) is 5.56 Å². The van der Waals surface area contributed by atoms with E-state index in [1.54, 1.807) is 13.2 Å². The number of hydrogen-bond acceptors (Lipinski definition) is 2. The molecule has 0 aliphatic rings. The molecule has 2 atom stereocenters. The average molecular weight is 260 g/mol. The van der Waals surface area contributed by atoms with Crippen LogP contribution in [0.4, 0.5) is 4.39 Å². The number of rotatable bonds is 5. The standard InChI is InChI=1S/C13H19ClFNO/c1-8(2)13(17-3)12(16)7-9-6-10(15)4-5-11(9)14/h4-6,8,12-13H,7,16H2,1-3H3. The molecule has 2 unspecified atom stereocenters. The Balaban J connectivity index is 2.79. The van der Waals surface area contributed by atoms with Gasteiger partial charge in [0.1, 0.15) is 5.82 Å². The molecule has 0 heterocycles. The van der Waals surface area contributed by atoms with Crippen LogP contribution in [-0.2, 0) is 11.2 Å². The van der Waals surface area contributed by atoms with E-state index in [2.05, 4.69) is 0 Å². The third-order valence-corrected chi connectivity index (χ3v) is 3.18. The number of methoxy groups -OCH3 is 1. The van der Waals surface area contributed by atoms with Gasteiger partial charge in [0.2, 0.25) is 0 Å². The lowest BCUT2D eigenvalue weighted by Gasteiger charge is -2.26. The van der Waals surface area contributed by atoms with Crippen molar-refractivity contribution < 1.29 is 9.13 Å². The van der Waals surface area contributed by atoms with Crippen LogP contribution in [0.3, 0.4) is 0 Å². The molecule has 4 heteroatoms. The molecule has 0 radical (unpaired) electrons. The van der Waals surface area contributed by atoms with Crippen LogP contribution in [0.25, 0.3) is 0 Å². The minimum absolute atomic E-state index is 0.0608. The van der Waals surface area contributed by atoms with Gasteiger partial charge in [-0.25, -0.2) is 4.39 Å². The molecule has 1 aromatic carbocycles. The Bertz CT molecular complexity index is 370. The van der Waals surface area contributed by atoms with E-state index in [1.165, 1.54) is 12.1 Å². The molecule has 96 valence electrons. The third kappa shape index (κ3) is 3.95. The van der Waals surface area contributed by atoms with E-state index < -0.39 is 0 Å². The third-order valence-electron chi connectivity index (χ3n) is 2.81. The van der Waals surface area contributed by atoms with Gasteiger partial charge in [-0.05, 0) is 36.1 Å². The molecule has 1 rings (SSSR count). The van der Waals surface area contributed by atoms with Crippen molar-refractivity contribution in [3.8, 4) is 0 Å². The summed E-state index contributed by atoms with van der Waals surface area (Å²) in [5, 5.41) is 0.542. The summed E-state index contributed by atoms with van der Waals surface area (Å²) >= 11 is 6.00. The van der Waals surface area contributed by atoms with Crippen molar-refractivity contribution >= 4 is 11.6 Å². The van der Waals surface area contributed by atoms with Gasteiger partial charge >= 0.3 is 0 Å². The first-order valence-electron chi connectivity index (χ1n) is 5.68. The molecule has 1 aromatic rings. The summed E-state index contributed by atoms with van der Waals surface area (Å²) in [4.78, 5) is 0. The molecule has 0 bridgehead atoms. The topological polar surface area (TPSA) is 35.2 Å². The lowest BCUT2D eigenvalue weighted by atomic mass is 9.94. The van der Waals surface area contributed by atoms with Crippen LogP contribution < -0.4 is 5.73 Å². The maximum Gasteiger partial charge on any atom is 0.123 e. The van der Waals surface area contributed by atoms with Gasteiger partial charge in [-0.2, -0.15) is 0 Å². The van der Waals surface area contributed by atoms with Crippen molar-refractivity contribution in [3.05, 3.63) is 34.6 Å². The van der Waals surface area contributed by atoms with Crippen LogP contribution in [0.5, 0.6) is 0 Å². The minimum Gasteiger partial charge on any atom is -0.380 e. The Labute approximate surface area is 107 Å². The van der Waals surface area contributed by atoms with Crippen molar-refractivity contribution in [3.63, 3.8) is 0 Å². The molecule has 0 saturated carbocycles. The Morgan fingerprint density at radius 3 is 2.59 bits per heavy atom. The molecule has 0 amide bonds. The minimum atomic E-state index is -0.296. The molecule has 0 fully saturated rings. The second-order valence-corrected chi connectivity index (χ2v) is 4.96. The highest BCUT2D eigenvalue weighted by atomic mass is 35.5. The summed E-state index contributed by atoms with van der Waals surface area (Å²) in [6, 6.07) is 4.12. The van der Waals surface area contributed by atoms with E-state index >= 15 is 0 Å². The van der Waals surface area contributed by atoms with Crippen LogP contribution in [0.1, 0.15) is 19.4 Å². The fourth-order valence-corrected chi connectivity index (χ4v) is 2.21. The molecule has 0 saturated heterocycles. The Hall–Kier alpha value is -0.640. The Morgan fingerprint density at radius 1 is 1.41 bits per heavy atom. The van der Waals surface area contributed by atoms with Gasteiger partial charge in [-0.1, -0.05) is 25.4 Å². The summed E-state index contributed by atoms with van der Waals surface area (Å²) in [6.07, 6.45) is 0.446.